The van der Waals surface area contributed by atoms with E-state index in [9.17, 15) is 14.4 Å². The van der Waals surface area contributed by atoms with Gasteiger partial charge in [0.15, 0.2) is 5.17 Å². The Morgan fingerprint density at radius 2 is 1.81 bits per heavy atom. The highest BCUT2D eigenvalue weighted by Crippen LogP contribution is 2.36. The zero-order chi connectivity index (χ0) is 30.3. The second-order valence-electron chi connectivity index (χ2n) is 9.92. The molecule has 0 spiro atoms. The smallest absolute Gasteiger partial charge is 0.259 e. The van der Waals surface area contributed by atoms with Gasteiger partial charge in [-0.1, -0.05) is 55.1 Å². The van der Waals surface area contributed by atoms with Crippen molar-refractivity contribution in [3.05, 3.63) is 83.9 Å². The summed E-state index contributed by atoms with van der Waals surface area (Å²) in [4.78, 5) is 50.7. The molecule has 11 heteroatoms. The average Bonchev–Trinajstić information content (AvgIpc) is 3.37. The van der Waals surface area contributed by atoms with E-state index in [1.54, 1.807) is 38.5 Å². The third kappa shape index (κ3) is 6.72. The number of methoxy groups -OCH3 is 2. The Kier molecular flexibility index (Phi) is 9.41. The first-order valence-corrected chi connectivity index (χ1v) is 14.9. The predicted octanol–water partition coefficient (Wildman–Crippen LogP) is 4.91. The minimum absolute atomic E-state index is 0.123. The van der Waals surface area contributed by atoms with Gasteiger partial charge in [-0.3, -0.25) is 19.4 Å². The summed E-state index contributed by atoms with van der Waals surface area (Å²) in [6, 6.07) is 21.3. The van der Waals surface area contributed by atoms with Crippen LogP contribution in [0.4, 0.5) is 11.4 Å². The van der Waals surface area contributed by atoms with Gasteiger partial charge in [0.25, 0.3) is 5.91 Å². The number of hydrogen-bond donors (Lipinski definition) is 2. The van der Waals surface area contributed by atoms with Crippen LogP contribution in [-0.2, 0) is 20.9 Å². The maximum absolute atomic E-state index is 13.7. The van der Waals surface area contributed by atoms with Crippen molar-refractivity contribution in [2.75, 3.05) is 19.5 Å². The molecule has 43 heavy (non-hydrogen) atoms. The summed E-state index contributed by atoms with van der Waals surface area (Å²) in [5.41, 5.74) is 2.88. The normalized spacial score (nSPS) is 15.9. The van der Waals surface area contributed by atoms with Crippen molar-refractivity contribution in [1.29, 1.82) is 0 Å². The Morgan fingerprint density at radius 1 is 1.02 bits per heavy atom. The van der Waals surface area contributed by atoms with E-state index >= 15 is 0 Å². The van der Waals surface area contributed by atoms with Crippen LogP contribution >= 0.6 is 11.8 Å². The Labute approximate surface area is 254 Å². The van der Waals surface area contributed by atoms with E-state index < -0.39 is 11.3 Å². The summed E-state index contributed by atoms with van der Waals surface area (Å²) in [6.07, 6.45) is 0.869. The third-order valence-electron chi connectivity index (χ3n) is 7.11. The summed E-state index contributed by atoms with van der Waals surface area (Å²) >= 11 is 1.22. The van der Waals surface area contributed by atoms with Crippen LogP contribution < -0.4 is 20.1 Å². The molecule has 5 rings (SSSR count). The molecular formula is C32H33N5O5S. The number of amides is 3. The first-order valence-electron chi connectivity index (χ1n) is 14.0. The molecule has 10 nitrogen and oxygen atoms in total. The molecule has 2 N–H and O–H groups in total. The van der Waals surface area contributed by atoms with Gasteiger partial charge in [-0.05, 0) is 43.2 Å². The number of fused-ring (bicyclic) bond motifs is 3. The van der Waals surface area contributed by atoms with Crippen molar-refractivity contribution in [3.63, 3.8) is 0 Å². The van der Waals surface area contributed by atoms with Crippen LogP contribution in [0.5, 0.6) is 11.5 Å². The van der Waals surface area contributed by atoms with Crippen LogP contribution in [0, 0.1) is 0 Å². The highest BCUT2D eigenvalue weighted by Gasteiger charge is 2.42. The molecule has 3 amide bonds. The van der Waals surface area contributed by atoms with Gasteiger partial charge in [-0.25, -0.2) is 9.89 Å². The van der Waals surface area contributed by atoms with Gasteiger partial charge < -0.3 is 20.1 Å². The number of rotatable bonds is 11. The molecule has 0 radical (unpaired) electrons. The standard InChI is InChI=1S/C32H33N5O5S/c1-4-27(30(39)34-21-11-9-12-22(18-21)41-2)43-32-36-24-14-7-6-13-23(24)29-35-25(31(40)37(29)32)16-17-28(38)33-19-20-10-5-8-15-26(20)42-3/h5-15,18,25,27H,4,16-17,19H2,1-3H3,(H,33,38)(H,34,39)/t25-,27-/m1/s1. The molecule has 222 valence electrons. The molecule has 0 unspecified atom stereocenters. The second kappa shape index (κ2) is 13.6. The summed E-state index contributed by atoms with van der Waals surface area (Å²) in [5, 5.41) is 5.70. The van der Waals surface area contributed by atoms with Crippen LogP contribution in [0.1, 0.15) is 37.3 Å². The molecule has 2 aliphatic heterocycles. The van der Waals surface area contributed by atoms with E-state index in [0.29, 0.717) is 46.8 Å². The predicted molar refractivity (Wildman–Crippen MR) is 168 cm³/mol. The van der Waals surface area contributed by atoms with Crippen molar-refractivity contribution in [3.8, 4) is 11.5 Å². The van der Waals surface area contributed by atoms with Crippen LogP contribution in [0.3, 0.4) is 0 Å². The van der Waals surface area contributed by atoms with Crippen molar-refractivity contribution < 1.29 is 23.9 Å². The second-order valence-corrected chi connectivity index (χ2v) is 11.1. The average molecular weight is 600 g/mol. The van der Waals surface area contributed by atoms with Crippen molar-refractivity contribution in [1.82, 2.24) is 10.2 Å². The number of nitrogens with zero attached hydrogens (tertiary/aromatic N) is 3. The number of ether oxygens (including phenoxy) is 2. The summed E-state index contributed by atoms with van der Waals surface area (Å²) in [5.74, 6) is 1.15. The molecule has 0 bridgehead atoms. The van der Waals surface area contributed by atoms with Gasteiger partial charge in [0.05, 0.1) is 25.2 Å². The maximum Gasteiger partial charge on any atom is 0.259 e. The topological polar surface area (TPSA) is 122 Å². The van der Waals surface area contributed by atoms with Gasteiger partial charge in [0, 0.05) is 35.8 Å². The lowest BCUT2D eigenvalue weighted by atomic mass is 10.1. The van der Waals surface area contributed by atoms with E-state index in [0.717, 1.165) is 11.1 Å². The van der Waals surface area contributed by atoms with Crippen LogP contribution in [0.15, 0.2) is 82.8 Å². The van der Waals surface area contributed by atoms with E-state index in [2.05, 4.69) is 10.6 Å². The van der Waals surface area contributed by atoms with Crippen molar-refractivity contribution in [2.45, 2.75) is 44.0 Å². The Hall–Kier alpha value is -4.64. The summed E-state index contributed by atoms with van der Waals surface area (Å²) in [6.45, 7) is 2.23. The Bertz CT molecular complexity index is 1590. The number of thioether (sulfide) groups is 1. The lowest BCUT2D eigenvalue weighted by Gasteiger charge is -2.27. The molecule has 2 atom stereocenters. The fourth-order valence-electron chi connectivity index (χ4n) is 4.84. The SMILES string of the molecule is CC[C@@H](SC1=Nc2ccccc2C2=N[C@H](CCC(=O)NCc3ccccc3OC)C(=O)N12)C(=O)Nc1cccc(OC)c1. The van der Waals surface area contributed by atoms with Crippen LogP contribution in [-0.4, -0.2) is 59.1 Å². The van der Waals surface area contributed by atoms with Crippen molar-refractivity contribution in [2.24, 2.45) is 9.98 Å². The first-order chi connectivity index (χ1) is 20.9. The highest BCUT2D eigenvalue weighted by atomic mass is 32.2. The quantitative estimate of drug-likeness (QED) is 0.323. The number of carbonyl (C=O) groups excluding carboxylic acids is 3. The van der Waals surface area contributed by atoms with Gasteiger partial charge in [-0.2, -0.15) is 0 Å². The molecule has 0 saturated carbocycles. The number of para-hydroxylation sites is 2. The van der Waals surface area contributed by atoms with Gasteiger partial charge in [-0.15, -0.1) is 0 Å². The van der Waals surface area contributed by atoms with Crippen LogP contribution in [0.2, 0.25) is 0 Å². The zero-order valence-electron chi connectivity index (χ0n) is 24.2. The lowest BCUT2D eigenvalue weighted by Crippen LogP contribution is -2.42. The summed E-state index contributed by atoms with van der Waals surface area (Å²) < 4.78 is 10.6. The number of benzene rings is 3. The Balaban J connectivity index is 1.28. The number of anilines is 1. The van der Waals surface area contributed by atoms with Gasteiger partial charge >= 0.3 is 0 Å². The molecule has 0 aromatic heterocycles. The third-order valence-corrected chi connectivity index (χ3v) is 8.43. The molecule has 0 aliphatic carbocycles. The summed E-state index contributed by atoms with van der Waals surface area (Å²) in [7, 11) is 3.16. The molecule has 2 aliphatic rings. The molecule has 3 aromatic carbocycles. The Morgan fingerprint density at radius 3 is 2.60 bits per heavy atom. The fraction of sp³-hybridized carbons (Fsp3) is 0.281. The zero-order valence-corrected chi connectivity index (χ0v) is 25.0. The van der Waals surface area contributed by atoms with Gasteiger partial charge in [0.1, 0.15) is 23.4 Å². The lowest BCUT2D eigenvalue weighted by molar-refractivity contribution is -0.125. The largest absolute Gasteiger partial charge is 0.497 e. The minimum atomic E-state index is -0.741. The number of nitrogens with one attached hydrogen (secondary N) is 2. The van der Waals surface area contributed by atoms with E-state index in [1.807, 2.05) is 55.5 Å². The first kappa shape index (κ1) is 29.8. The van der Waals surface area contributed by atoms with Crippen LogP contribution in [0.25, 0.3) is 0 Å². The van der Waals surface area contributed by atoms with E-state index in [4.69, 9.17) is 19.5 Å². The van der Waals surface area contributed by atoms with E-state index in [-0.39, 0.29) is 30.6 Å². The molecular weight excluding hydrogens is 566 g/mol. The molecule has 3 aromatic rings. The highest BCUT2D eigenvalue weighted by molar-refractivity contribution is 8.15. The molecule has 0 saturated heterocycles. The van der Waals surface area contributed by atoms with E-state index in [1.165, 1.54) is 16.7 Å². The number of hydrogen-bond acceptors (Lipinski definition) is 8. The van der Waals surface area contributed by atoms with Gasteiger partial charge in [0.2, 0.25) is 11.8 Å². The number of aliphatic imine (C=N–C) groups is 2. The maximum atomic E-state index is 13.7. The number of amidine groups is 2. The minimum Gasteiger partial charge on any atom is -0.497 e. The fourth-order valence-corrected chi connectivity index (χ4v) is 5.86. The monoisotopic (exact) mass is 599 g/mol. The van der Waals surface area contributed by atoms with Crippen molar-refractivity contribution >= 4 is 51.9 Å². The number of carbonyl (C=O) groups is 3. The molecule has 2 heterocycles. The molecule has 0 fully saturated rings.